The Hall–Kier alpha value is -2.12. The van der Waals surface area contributed by atoms with E-state index in [9.17, 15) is 14.9 Å². The number of amides is 1. The van der Waals surface area contributed by atoms with Gasteiger partial charge in [0.05, 0.1) is 10.7 Å². The van der Waals surface area contributed by atoms with E-state index in [1.165, 1.54) is 10.6 Å². The maximum Gasteiger partial charge on any atom is 0.343 e. The molecule has 0 spiro atoms. The van der Waals surface area contributed by atoms with Crippen LogP contribution in [0.3, 0.4) is 0 Å². The summed E-state index contributed by atoms with van der Waals surface area (Å²) >= 11 is 11.7. The number of aromatic nitrogens is 2. The summed E-state index contributed by atoms with van der Waals surface area (Å²) in [7, 11) is 0. The summed E-state index contributed by atoms with van der Waals surface area (Å²) in [4.78, 5) is 26.0. The minimum Gasteiger partial charge on any atom is -0.358 e. The summed E-state index contributed by atoms with van der Waals surface area (Å²) in [5.74, 6) is -0.327. The van der Waals surface area contributed by atoms with Crippen LogP contribution in [0.1, 0.15) is 5.82 Å². The second-order valence-electron chi connectivity index (χ2n) is 4.18. The zero-order chi connectivity index (χ0) is 15.6. The van der Waals surface area contributed by atoms with Gasteiger partial charge in [-0.05, 0) is 23.1 Å². The molecular formula is C12H10Cl2N4O3. The molecule has 1 aromatic heterocycles. The van der Waals surface area contributed by atoms with Crippen molar-refractivity contribution in [3.8, 4) is 0 Å². The number of nitro groups is 1. The number of hydrogen-bond acceptors (Lipinski definition) is 4. The number of benzene rings is 1. The minimum atomic E-state index is -0.595. The second kappa shape index (κ2) is 6.11. The molecule has 0 aliphatic rings. The highest BCUT2D eigenvalue weighted by molar-refractivity contribution is 6.36. The van der Waals surface area contributed by atoms with Crippen molar-refractivity contribution in [3.63, 3.8) is 0 Å². The van der Waals surface area contributed by atoms with E-state index < -0.39 is 10.8 Å². The topological polar surface area (TPSA) is 90.1 Å². The number of nitrogens with zero attached hydrogens (tertiary/aromatic N) is 3. The number of nitrogens with one attached hydrogen (secondary N) is 1. The van der Waals surface area contributed by atoms with Crippen molar-refractivity contribution in [2.24, 2.45) is 0 Å². The molecule has 7 nitrogen and oxygen atoms in total. The van der Waals surface area contributed by atoms with Crippen LogP contribution in [0.4, 0.5) is 11.5 Å². The molecule has 0 saturated carbocycles. The van der Waals surface area contributed by atoms with E-state index in [-0.39, 0.29) is 17.4 Å². The van der Waals surface area contributed by atoms with Gasteiger partial charge in [-0.2, -0.15) is 0 Å². The van der Waals surface area contributed by atoms with Gasteiger partial charge in [0, 0.05) is 11.9 Å². The second-order valence-corrected chi connectivity index (χ2v) is 5.02. The third-order valence-corrected chi connectivity index (χ3v) is 3.28. The third kappa shape index (κ3) is 3.50. The van der Waals surface area contributed by atoms with Crippen LogP contribution in [0.25, 0.3) is 0 Å². The fourth-order valence-corrected chi connectivity index (χ4v) is 2.18. The number of aryl methyl sites for hydroxylation is 1. The molecule has 0 unspecified atom stereocenters. The highest BCUT2D eigenvalue weighted by atomic mass is 35.5. The zero-order valence-corrected chi connectivity index (χ0v) is 12.4. The molecule has 0 atom stereocenters. The molecule has 110 valence electrons. The molecule has 21 heavy (non-hydrogen) atoms. The SMILES string of the molecule is Cc1ncc([N+](=O)[O-])n1CC(=O)Nc1ccc(Cl)cc1Cl. The van der Waals surface area contributed by atoms with Crippen molar-refractivity contribution in [3.05, 3.63) is 50.4 Å². The van der Waals surface area contributed by atoms with E-state index in [2.05, 4.69) is 10.3 Å². The van der Waals surface area contributed by atoms with Gasteiger partial charge >= 0.3 is 5.82 Å². The highest BCUT2D eigenvalue weighted by Crippen LogP contribution is 2.25. The first-order chi connectivity index (χ1) is 9.88. The van der Waals surface area contributed by atoms with Crippen LogP contribution in [0.5, 0.6) is 0 Å². The van der Waals surface area contributed by atoms with E-state index in [4.69, 9.17) is 23.2 Å². The minimum absolute atomic E-state index is 0.235. The summed E-state index contributed by atoms with van der Waals surface area (Å²) in [6.07, 6.45) is 1.11. The monoisotopic (exact) mass is 328 g/mol. The van der Waals surface area contributed by atoms with Crippen LogP contribution in [0.15, 0.2) is 24.4 Å². The number of anilines is 1. The van der Waals surface area contributed by atoms with Crippen molar-refractivity contribution in [2.45, 2.75) is 13.5 Å². The number of carbonyl (C=O) groups excluding carboxylic acids is 1. The third-order valence-electron chi connectivity index (χ3n) is 2.73. The largest absolute Gasteiger partial charge is 0.358 e. The molecule has 1 heterocycles. The lowest BCUT2D eigenvalue weighted by Gasteiger charge is -2.07. The van der Waals surface area contributed by atoms with Gasteiger partial charge < -0.3 is 15.4 Å². The van der Waals surface area contributed by atoms with Gasteiger partial charge in [0.1, 0.15) is 6.20 Å². The van der Waals surface area contributed by atoms with Gasteiger partial charge in [-0.3, -0.25) is 4.79 Å². The van der Waals surface area contributed by atoms with Crippen LogP contribution in [0.2, 0.25) is 10.0 Å². The molecule has 1 amide bonds. The summed E-state index contributed by atoms with van der Waals surface area (Å²) in [6, 6.07) is 4.62. The Balaban J connectivity index is 2.15. The smallest absolute Gasteiger partial charge is 0.343 e. The molecule has 0 fully saturated rings. The molecule has 9 heteroatoms. The van der Waals surface area contributed by atoms with Gasteiger partial charge in [0.25, 0.3) is 5.91 Å². The zero-order valence-electron chi connectivity index (χ0n) is 10.8. The fraction of sp³-hybridized carbons (Fsp3) is 0.167. The number of halogens is 2. The van der Waals surface area contributed by atoms with E-state index in [1.54, 1.807) is 19.1 Å². The lowest BCUT2D eigenvalue weighted by atomic mass is 10.3. The number of hydrogen-bond donors (Lipinski definition) is 1. The van der Waals surface area contributed by atoms with Gasteiger partial charge in [0.15, 0.2) is 12.4 Å². The molecule has 0 saturated heterocycles. The van der Waals surface area contributed by atoms with E-state index in [1.807, 2.05) is 0 Å². The molecule has 0 radical (unpaired) electrons. The van der Waals surface area contributed by atoms with Crippen LogP contribution in [-0.2, 0) is 11.3 Å². The van der Waals surface area contributed by atoms with Crippen molar-refractivity contribution < 1.29 is 9.72 Å². The van der Waals surface area contributed by atoms with Gasteiger partial charge in [-0.15, -0.1) is 0 Å². The fourth-order valence-electron chi connectivity index (χ4n) is 1.72. The van der Waals surface area contributed by atoms with Crippen molar-refractivity contribution in [1.29, 1.82) is 0 Å². The Morgan fingerprint density at radius 3 is 2.81 bits per heavy atom. The van der Waals surface area contributed by atoms with Gasteiger partial charge in [-0.25, -0.2) is 9.55 Å². The lowest BCUT2D eigenvalue weighted by Crippen LogP contribution is -2.20. The standard InChI is InChI=1S/C12H10Cl2N4O3/c1-7-15-5-12(18(20)21)17(7)6-11(19)16-10-3-2-8(13)4-9(10)14/h2-5H,6H2,1H3,(H,16,19). The quantitative estimate of drug-likeness (QED) is 0.689. The highest BCUT2D eigenvalue weighted by Gasteiger charge is 2.20. The number of rotatable bonds is 4. The van der Waals surface area contributed by atoms with Crippen molar-refractivity contribution in [2.75, 3.05) is 5.32 Å². The molecular weight excluding hydrogens is 319 g/mol. The molecule has 0 bridgehead atoms. The van der Waals surface area contributed by atoms with Gasteiger partial charge in [-0.1, -0.05) is 23.2 Å². The summed E-state index contributed by atoms with van der Waals surface area (Å²) in [5, 5.41) is 14.1. The van der Waals surface area contributed by atoms with Gasteiger partial charge in [0.2, 0.25) is 0 Å². The molecule has 0 aliphatic heterocycles. The van der Waals surface area contributed by atoms with E-state index in [0.717, 1.165) is 6.20 Å². The Morgan fingerprint density at radius 1 is 1.48 bits per heavy atom. The van der Waals surface area contributed by atoms with E-state index in [0.29, 0.717) is 16.5 Å². The summed E-state index contributed by atoms with van der Waals surface area (Å²) in [6.45, 7) is 1.34. The van der Waals surface area contributed by atoms with Crippen LogP contribution in [-0.4, -0.2) is 20.4 Å². The van der Waals surface area contributed by atoms with Crippen LogP contribution in [0, 0.1) is 17.0 Å². The maximum atomic E-state index is 12.0. The van der Waals surface area contributed by atoms with Crippen molar-refractivity contribution in [1.82, 2.24) is 9.55 Å². The first-order valence-corrected chi connectivity index (χ1v) is 6.55. The average molecular weight is 329 g/mol. The Kier molecular flexibility index (Phi) is 4.44. The Morgan fingerprint density at radius 2 is 2.19 bits per heavy atom. The number of imidazole rings is 1. The van der Waals surface area contributed by atoms with Crippen molar-refractivity contribution >= 4 is 40.6 Å². The Bertz CT molecular complexity index is 715. The maximum absolute atomic E-state index is 12.0. The molecule has 2 aromatic rings. The Labute approximate surface area is 129 Å². The summed E-state index contributed by atoms with van der Waals surface area (Å²) < 4.78 is 1.21. The predicted octanol–water partition coefficient (Wildman–Crippen LogP) is 3.05. The molecule has 1 aromatic carbocycles. The molecule has 1 N–H and O–H groups in total. The first kappa shape index (κ1) is 15.3. The molecule has 2 rings (SSSR count). The first-order valence-electron chi connectivity index (χ1n) is 5.80. The number of carbonyl (C=O) groups is 1. The summed E-state index contributed by atoms with van der Waals surface area (Å²) in [5.41, 5.74) is 0.381. The van der Waals surface area contributed by atoms with E-state index >= 15 is 0 Å². The molecule has 0 aliphatic carbocycles. The average Bonchev–Trinajstić information content (AvgIpc) is 2.75. The van der Waals surface area contributed by atoms with Crippen LogP contribution < -0.4 is 5.32 Å². The normalized spacial score (nSPS) is 10.4. The lowest BCUT2D eigenvalue weighted by molar-refractivity contribution is -0.392. The van der Waals surface area contributed by atoms with Crippen LogP contribution >= 0.6 is 23.2 Å². The predicted molar refractivity (Wildman–Crippen MR) is 78.7 cm³/mol.